The third-order valence-corrected chi connectivity index (χ3v) is 2.39. The topological polar surface area (TPSA) is 79.2 Å². The molecule has 0 saturated carbocycles. The zero-order chi connectivity index (χ0) is 13.4. The predicted molar refractivity (Wildman–Crippen MR) is 69.0 cm³/mol. The molecule has 0 unspecified atom stereocenters. The molecule has 18 heavy (non-hydrogen) atoms. The molecule has 0 spiro atoms. The van der Waals surface area contributed by atoms with Crippen LogP contribution in [-0.4, -0.2) is 33.8 Å². The number of aromatic nitrogens is 2. The fourth-order valence-corrected chi connectivity index (χ4v) is 1.57. The lowest BCUT2D eigenvalue weighted by Crippen LogP contribution is -2.36. The van der Waals surface area contributed by atoms with E-state index < -0.39 is 0 Å². The Balaban J connectivity index is 2.34. The van der Waals surface area contributed by atoms with Gasteiger partial charge in [-0.25, -0.2) is 9.78 Å². The van der Waals surface area contributed by atoms with Crippen LogP contribution in [0.15, 0.2) is 12.4 Å². The van der Waals surface area contributed by atoms with Gasteiger partial charge in [-0.15, -0.1) is 0 Å². The van der Waals surface area contributed by atoms with E-state index in [1.54, 1.807) is 6.20 Å². The molecule has 0 atom stereocenters. The fraction of sp³-hybridized carbons (Fsp3) is 0.667. The number of nitrogens with one attached hydrogen (secondary N) is 2. The van der Waals surface area contributed by atoms with Gasteiger partial charge in [0.15, 0.2) is 0 Å². The second-order valence-corrected chi connectivity index (χ2v) is 4.58. The van der Waals surface area contributed by atoms with Gasteiger partial charge in [0.25, 0.3) is 0 Å². The second kappa shape index (κ2) is 7.71. The molecule has 0 fully saturated rings. The maximum atomic E-state index is 11.4. The van der Waals surface area contributed by atoms with Crippen molar-refractivity contribution in [3.8, 4) is 0 Å². The number of hydrogen-bond donors (Lipinski definition) is 3. The third-order valence-electron chi connectivity index (χ3n) is 2.39. The van der Waals surface area contributed by atoms with Crippen molar-refractivity contribution >= 4 is 6.03 Å². The first-order chi connectivity index (χ1) is 8.63. The minimum Gasteiger partial charge on any atom is -0.396 e. The Morgan fingerprint density at radius 2 is 2.28 bits per heavy atom. The molecule has 6 heteroatoms. The van der Waals surface area contributed by atoms with E-state index in [2.05, 4.69) is 29.5 Å². The van der Waals surface area contributed by atoms with Crippen molar-refractivity contribution in [2.75, 3.05) is 13.2 Å². The van der Waals surface area contributed by atoms with Crippen LogP contribution >= 0.6 is 0 Å². The van der Waals surface area contributed by atoms with Crippen molar-refractivity contribution in [2.24, 2.45) is 5.92 Å². The lowest BCUT2D eigenvalue weighted by Gasteiger charge is -2.11. The van der Waals surface area contributed by atoms with Crippen LogP contribution in [0.5, 0.6) is 0 Å². The van der Waals surface area contributed by atoms with Gasteiger partial charge in [0.2, 0.25) is 0 Å². The average molecular weight is 254 g/mol. The number of carbonyl (C=O) groups excluding carboxylic acids is 1. The van der Waals surface area contributed by atoms with E-state index in [4.69, 9.17) is 5.11 Å². The molecule has 1 aromatic heterocycles. The quantitative estimate of drug-likeness (QED) is 0.627. The Kier molecular flexibility index (Phi) is 6.21. The molecular weight excluding hydrogens is 232 g/mol. The summed E-state index contributed by atoms with van der Waals surface area (Å²) in [5, 5.41) is 14.0. The number of imidazole rings is 1. The Labute approximate surface area is 107 Å². The smallest absolute Gasteiger partial charge is 0.315 e. The Morgan fingerprint density at radius 3 is 2.94 bits per heavy atom. The number of amides is 2. The molecule has 0 aromatic carbocycles. The van der Waals surface area contributed by atoms with Crippen molar-refractivity contribution < 1.29 is 9.90 Å². The second-order valence-electron chi connectivity index (χ2n) is 4.58. The number of aliphatic hydroxyl groups excluding tert-OH is 1. The Hall–Kier alpha value is -1.56. The zero-order valence-corrected chi connectivity index (χ0v) is 11.0. The number of carbonyl (C=O) groups is 1. The van der Waals surface area contributed by atoms with Gasteiger partial charge < -0.3 is 20.3 Å². The van der Waals surface area contributed by atoms with E-state index in [9.17, 15) is 4.79 Å². The minimum atomic E-state index is -0.234. The van der Waals surface area contributed by atoms with Crippen LogP contribution in [0.2, 0.25) is 0 Å². The number of rotatable bonds is 7. The SMILES string of the molecule is CC(C)Cn1ccnc1CNC(=O)NCCCO. The molecule has 0 aliphatic rings. The van der Waals surface area contributed by atoms with E-state index in [-0.39, 0.29) is 12.6 Å². The molecule has 1 aromatic rings. The highest BCUT2D eigenvalue weighted by Crippen LogP contribution is 2.03. The summed E-state index contributed by atoms with van der Waals surface area (Å²) in [7, 11) is 0. The minimum absolute atomic E-state index is 0.0824. The lowest BCUT2D eigenvalue weighted by atomic mass is 10.2. The monoisotopic (exact) mass is 254 g/mol. The first-order valence-corrected chi connectivity index (χ1v) is 6.26. The van der Waals surface area contributed by atoms with Gasteiger partial charge in [-0.05, 0) is 12.3 Å². The van der Waals surface area contributed by atoms with Crippen LogP contribution in [0.1, 0.15) is 26.1 Å². The molecule has 0 bridgehead atoms. The van der Waals surface area contributed by atoms with Crippen molar-refractivity contribution in [2.45, 2.75) is 33.4 Å². The highest BCUT2D eigenvalue weighted by atomic mass is 16.3. The van der Waals surface area contributed by atoms with Gasteiger partial charge in [-0.1, -0.05) is 13.8 Å². The van der Waals surface area contributed by atoms with Crippen molar-refractivity contribution in [3.63, 3.8) is 0 Å². The summed E-state index contributed by atoms with van der Waals surface area (Å²) in [4.78, 5) is 15.6. The Bertz CT molecular complexity index is 363. The van der Waals surface area contributed by atoms with Gasteiger partial charge in [0.05, 0.1) is 6.54 Å². The summed E-state index contributed by atoms with van der Waals surface area (Å²) in [6, 6.07) is -0.234. The summed E-state index contributed by atoms with van der Waals surface area (Å²) in [6.07, 6.45) is 4.22. The number of nitrogens with zero attached hydrogens (tertiary/aromatic N) is 2. The van der Waals surface area contributed by atoms with Gasteiger partial charge in [0, 0.05) is 32.1 Å². The van der Waals surface area contributed by atoms with E-state index >= 15 is 0 Å². The van der Waals surface area contributed by atoms with Crippen LogP contribution < -0.4 is 10.6 Å². The van der Waals surface area contributed by atoms with E-state index in [1.165, 1.54) is 0 Å². The third kappa shape index (κ3) is 5.18. The molecule has 3 N–H and O–H groups in total. The molecule has 0 aliphatic heterocycles. The van der Waals surface area contributed by atoms with Crippen LogP contribution in [0, 0.1) is 5.92 Å². The van der Waals surface area contributed by atoms with E-state index in [0.717, 1.165) is 12.4 Å². The standard InChI is InChI=1S/C12H22N4O2/c1-10(2)9-16-6-5-13-11(16)8-15-12(18)14-4-3-7-17/h5-6,10,17H,3-4,7-9H2,1-2H3,(H2,14,15,18). The number of aliphatic hydroxyl groups is 1. The zero-order valence-electron chi connectivity index (χ0n) is 11.0. The summed E-state index contributed by atoms with van der Waals surface area (Å²) in [6.45, 7) is 6.13. The Morgan fingerprint density at radius 1 is 1.50 bits per heavy atom. The van der Waals surface area contributed by atoms with Crippen LogP contribution in [0.25, 0.3) is 0 Å². The summed E-state index contributed by atoms with van der Waals surface area (Å²) in [5.41, 5.74) is 0. The largest absolute Gasteiger partial charge is 0.396 e. The molecule has 102 valence electrons. The normalized spacial score (nSPS) is 10.7. The summed E-state index contributed by atoms with van der Waals surface area (Å²) < 4.78 is 2.04. The summed E-state index contributed by atoms with van der Waals surface area (Å²) >= 11 is 0. The van der Waals surface area contributed by atoms with E-state index in [1.807, 2.05) is 10.8 Å². The maximum Gasteiger partial charge on any atom is 0.315 e. The summed E-state index contributed by atoms with van der Waals surface area (Å²) in [5.74, 6) is 1.39. The van der Waals surface area contributed by atoms with Crippen molar-refractivity contribution in [1.29, 1.82) is 0 Å². The van der Waals surface area contributed by atoms with Crippen LogP contribution in [0.4, 0.5) is 4.79 Å². The maximum absolute atomic E-state index is 11.4. The van der Waals surface area contributed by atoms with Crippen LogP contribution in [0.3, 0.4) is 0 Å². The lowest BCUT2D eigenvalue weighted by molar-refractivity contribution is 0.237. The molecule has 0 aliphatic carbocycles. The molecule has 1 heterocycles. The first-order valence-electron chi connectivity index (χ1n) is 6.26. The predicted octanol–water partition coefficient (Wildman–Crippen LogP) is 0.721. The highest BCUT2D eigenvalue weighted by molar-refractivity contribution is 5.73. The fourth-order valence-electron chi connectivity index (χ4n) is 1.57. The molecule has 1 rings (SSSR count). The van der Waals surface area contributed by atoms with Gasteiger partial charge in [-0.2, -0.15) is 0 Å². The highest BCUT2D eigenvalue weighted by Gasteiger charge is 2.06. The van der Waals surface area contributed by atoms with Gasteiger partial charge in [0.1, 0.15) is 5.82 Å². The first kappa shape index (κ1) is 14.5. The van der Waals surface area contributed by atoms with Gasteiger partial charge in [-0.3, -0.25) is 0 Å². The van der Waals surface area contributed by atoms with Gasteiger partial charge >= 0.3 is 6.03 Å². The molecule has 2 amide bonds. The van der Waals surface area contributed by atoms with Crippen molar-refractivity contribution in [1.82, 2.24) is 20.2 Å². The average Bonchev–Trinajstić information content (AvgIpc) is 2.73. The number of hydrogen-bond acceptors (Lipinski definition) is 3. The molecule has 0 saturated heterocycles. The molecular formula is C12H22N4O2. The molecule has 0 radical (unpaired) electrons. The van der Waals surface area contributed by atoms with E-state index in [0.29, 0.717) is 25.4 Å². The van der Waals surface area contributed by atoms with Crippen LogP contribution in [-0.2, 0) is 13.1 Å². The molecule has 6 nitrogen and oxygen atoms in total. The number of urea groups is 1. The van der Waals surface area contributed by atoms with Crippen molar-refractivity contribution in [3.05, 3.63) is 18.2 Å².